The fourth-order valence-electron chi connectivity index (χ4n) is 2.19. The van der Waals surface area contributed by atoms with E-state index in [2.05, 4.69) is 6.92 Å². The molecule has 0 aliphatic heterocycles. The standard InChI is InChI=1S/C9H15.HI.Mg/c1-9-5-2-8(3-6-9)4-7-9;;/h2-7H2,1H3;1H;/q-1;;+2/p-1. The van der Waals surface area contributed by atoms with Gasteiger partial charge in [-0.1, -0.05) is 26.2 Å². The summed E-state index contributed by atoms with van der Waals surface area (Å²) in [4.78, 5) is 0. The van der Waals surface area contributed by atoms with Crippen LogP contribution in [0.5, 0.6) is 0 Å². The monoisotopic (exact) mass is 274 g/mol. The summed E-state index contributed by atoms with van der Waals surface area (Å²) in [7, 11) is 0. The summed E-state index contributed by atoms with van der Waals surface area (Å²) in [5.74, 6) is 1.86. The number of hydrogen-bond acceptors (Lipinski definition) is 0. The van der Waals surface area contributed by atoms with Gasteiger partial charge in [-0.3, -0.25) is 0 Å². The van der Waals surface area contributed by atoms with Crippen molar-refractivity contribution in [2.75, 3.05) is 0 Å². The maximum absolute atomic E-state index is 2.46. The zero-order valence-electron chi connectivity index (χ0n) is 7.33. The topological polar surface area (TPSA) is 0 Å². The molecule has 0 nitrogen and oxygen atoms in total. The van der Waals surface area contributed by atoms with Crippen LogP contribution in [0.15, 0.2) is 0 Å². The second kappa shape index (κ2) is 4.65. The molecule has 3 aliphatic carbocycles. The molecule has 3 rings (SSSR count). The molecule has 0 heterocycles. The van der Waals surface area contributed by atoms with E-state index in [1.165, 1.54) is 38.5 Å². The second-order valence-corrected chi connectivity index (χ2v) is 4.06. The molecule has 0 amide bonds. The first-order chi connectivity index (χ1) is 4.29. The van der Waals surface area contributed by atoms with Gasteiger partial charge in [0.15, 0.2) is 0 Å². The summed E-state index contributed by atoms with van der Waals surface area (Å²) in [5, 5.41) is 0. The summed E-state index contributed by atoms with van der Waals surface area (Å²) in [5.41, 5.74) is 0.766. The molecule has 0 N–H and O–H groups in total. The average Bonchev–Trinajstić information content (AvgIpc) is 1.90. The van der Waals surface area contributed by atoms with Crippen molar-refractivity contribution in [2.45, 2.75) is 45.4 Å². The Labute approximate surface area is 103 Å². The smallest absolute Gasteiger partial charge is 1.00 e. The van der Waals surface area contributed by atoms with Crippen LogP contribution in [-0.4, -0.2) is 23.1 Å². The average molecular weight is 274 g/mol. The van der Waals surface area contributed by atoms with E-state index in [0.29, 0.717) is 0 Å². The van der Waals surface area contributed by atoms with Crippen molar-refractivity contribution in [3.63, 3.8) is 0 Å². The third-order valence-corrected chi connectivity index (χ3v) is 3.25. The van der Waals surface area contributed by atoms with E-state index in [1.54, 1.807) is 0 Å². The van der Waals surface area contributed by atoms with Crippen LogP contribution in [0.3, 0.4) is 0 Å². The minimum absolute atomic E-state index is 0. The SMILES string of the molecule is CC12CC[C-](CC1)CC2.[I-].[Mg+2]. The Morgan fingerprint density at radius 1 is 1.00 bits per heavy atom. The largest absolute Gasteiger partial charge is 2.00 e. The molecule has 60 valence electrons. The molecule has 0 spiro atoms. The van der Waals surface area contributed by atoms with E-state index in [0.717, 1.165) is 5.41 Å². The first kappa shape index (κ1) is 12.5. The molecule has 0 aromatic rings. The molecule has 11 heavy (non-hydrogen) atoms. The third-order valence-electron chi connectivity index (χ3n) is 3.25. The Morgan fingerprint density at radius 2 is 1.36 bits per heavy atom. The van der Waals surface area contributed by atoms with Crippen LogP contribution in [0.2, 0.25) is 0 Å². The Kier molecular flexibility index (Phi) is 5.29. The van der Waals surface area contributed by atoms with E-state index in [4.69, 9.17) is 0 Å². The zero-order valence-corrected chi connectivity index (χ0v) is 10.9. The Balaban J connectivity index is 0.000000500. The third kappa shape index (κ3) is 2.73. The second-order valence-electron chi connectivity index (χ2n) is 4.06. The Morgan fingerprint density at radius 3 is 1.55 bits per heavy atom. The van der Waals surface area contributed by atoms with Crippen LogP contribution in [0.25, 0.3) is 0 Å². The van der Waals surface area contributed by atoms with Crippen molar-refractivity contribution in [2.24, 2.45) is 5.41 Å². The minimum Gasteiger partial charge on any atom is -1.00 e. The van der Waals surface area contributed by atoms with Gasteiger partial charge in [-0.2, -0.15) is 19.3 Å². The van der Waals surface area contributed by atoms with Crippen molar-refractivity contribution >= 4 is 23.1 Å². The Hall–Kier alpha value is 1.50. The van der Waals surface area contributed by atoms with Crippen LogP contribution in [0.1, 0.15) is 45.4 Å². The summed E-state index contributed by atoms with van der Waals surface area (Å²) in [6, 6.07) is 0. The number of halogens is 1. The number of rotatable bonds is 0. The van der Waals surface area contributed by atoms with Crippen LogP contribution in [0.4, 0.5) is 0 Å². The summed E-state index contributed by atoms with van der Waals surface area (Å²) >= 11 is 0. The summed E-state index contributed by atoms with van der Waals surface area (Å²) < 4.78 is 0. The molecule has 3 saturated carbocycles. The van der Waals surface area contributed by atoms with Crippen molar-refractivity contribution in [1.82, 2.24) is 0 Å². The minimum atomic E-state index is 0. The zero-order chi connectivity index (χ0) is 6.32. The van der Waals surface area contributed by atoms with Gasteiger partial charge in [0.1, 0.15) is 0 Å². The normalized spacial score (nSPS) is 27.0. The molecule has 0 atom stereocenters. The molecular weight excluding hydrogens is 259 g/mol. The van der Waals surface area contributed by atoms with Gasteiger partial charge in [-0.15, -0.1) is 0 Å². The molecule has 0 unspecified atom stereocenters. The van der Waals surface area contributed by atoms with Crippen molar-refractivity contribution < 1.29 is 24.0 Å². The molecule has 0 radical (unpaired) electrons. The molecular formula is C9H15IMg. The first-order valence-corrected chi connectivity index (χ1v) is 4.12. The molecule has 3 fully saturated rings. The van der Waals surface area contributed by atoms with Gasteiger partial charge in [0.25, 0.3) is 0 Å². The molecule has 0 saturated heterocycles. The van der Waals surface area contributed by atoms with Gasteiger partial charge >= 0.3 is 23.1 Å². The molecule has 3 aliphatic rings. The number of fused-ring (bicyclic) bond motifs is 3. The number of hydrogen-bond donors (Lipinski definition) is 0. The van der Waals surface area contributed by atoms with Gasteiger partial charge in [-0.05, 0) is 5.41 Å². The van der Waals surface area contributed by atoms with Gasteiger partial charge in [0.05, 0.1) is 0 Å². The van der Waals surface area contributed by atoms with E-state index in [1.807, 2.05) is 5.92 Å². The fraction of sp³-hybridized carbons (Fsp3) is 0.889. The van der Waals surface area contributed by atoms with Crippen LogP contribution in [0, 0.1) is 11.3 Å². The van der Waals surface area contributed by atoms with Gasteiger partial charge in [0.2, 0.25) is 0 Å². The van der Waals surface area contributed by atoms with E-state index in [9.17, 15) is 0 Å². The van der Waals surface area contributed by atoms with E-state index >= 15 is 0 Å². The predicted molar refractivity (Wildman–Crippen MR) is 44.8 cm³/mol. The molecule has 0 aromatic carbocycles. The van der Waals surface area contributed by atoms with Crippen molar-refractivity contribution in [1.29, 1.82) is 0 Å². The van der Waals surface area contributed by atoms with Crippen LogP contribution >= 0.6 is 0 Å². The van der Waals surface area contributed by atoms with E-state index < -0.39 is 0 Å². The van der Waals surface area contributed by atoms with E-state index in [-0.39, 0.29) is 47.0 Å². The predicted octanol–water partition coefficient (Wildman–Crippen LogP) is -0.442. The van der Waals surface area contributed by atoms with Crippen LogP contribution < -0.4 is 24.0 Å². The van der Waals surface area contributed by atoms with Gasteiger partial charge in [-0.25, -0.2) is 0 Å². The first-order valence-electron chi connectivity index (χ1n) is 4.12. The van der Waals surface area contributed by atoms with Crippen LogP contribution in [-0.2, 0) is 0 Å². The maximum atomic E-state index is 2.46. The fourth-order valence-corrected chi connectivity index (χ4v) is 2.19. The molecule has 2 heteroatoms. The summed E-state index contributed by atoms with van der Waals surface area (Å²) in [6.07, 6.45) is 8.83. The van der Waals surface area contributed by atoms with Gasteiger partial charge in [0, 0.05) is 0 Å². The van der Waals surface area contributed by atoms with Crippen molar-refractivity contribution in [3.05, 3.63) is 5.92 Å². The summed E-state index contributed by atoms with van der Waals surface area (Å²) in [6.45, 7) is 2.46. The molecule has 2 bridgehead atoms. The van der Waals surface area contributed by atoms with Crippen molar-refractivity contribution in [3.8, 4) is 0 Å². The quantitative estimate of drug-likeness (QED) is 0.319. The Bertz CT molecular complexity index is 103. The van der Waals surface area contributed by atoms with Gasteiger partial charge < -0.3 is 29.9 Å². The molecule has 0 aromatic heterocycles. The maximum Gasteiger partial charge on any atom is 2.00 e.